The first kappa shape index (κ1) is 17.4. The van der Waals surface area contributed by atoms with E-state index in [1.807, 2.05) is 0 Å². The minimum absolute atomic E-state index is 0.468. The lowest BCUT2D eigenvalue weighted by Crippen LogP contribution is -2.36. The number of hydrogen-bond acceptors (Lipinski definition) is 5. The fraction of sp³-hybridized carbons (Fsp3) is 0.667. The number of aliphatic carboxylic acids is 1. The summed E-state index contributed by atoms with van der Waals surface area (Å²) in [5.74, 6) is -0.185. The van der Waals surface area contributed by atoms with Gasteiger partial charge in [0.2, 0.25) is 5.95 Å². The molecule has 0 saturated heterocycles. The predicted octanol–water partition coefficient (Wildman–Crippen LogP) is 2.42. The van der Waals surface area contributed by atoms with Crippen LogP contribution < -0.4 is 10.6 Å². The van der Waals surface area contributed by atoms with Gasteiger partial charge >= 0.3 is 5.97 Å². The first-order valence-electron chi connectivity index (χ1n) is 7.68. The third-order valence-corrected chi connectivity index (χ3v) is 3.22. The van der Waals surface area contributed by atoms with Crippen LogP contribution in [-0.2, 0) is 11.3 Å². The number of nitrogens with zero attached hydrogens (tertiary/aromatic N) is 2. The fourth-order valence-corrected chi connectivity index (χ4v) is 1.88. The number of carboxylic acids is 1. The minimum atomic E-state index is -0.803. The number of unbranched alkanes of at least 4 members (excludes halogenated alkanes) is 2. The highest BCUT2D eigenvalue weighted by molar-refractivity contribution is 5.73. The number of rotatable bonds is 11. The molecule has 0 radical (unpaired) electrons. The fourth-order valence-electron chi connectivity index (χ4n) is 1.88. The van der Waals surface area contributed by atoms with E-state index in [0.717, 1.165) is 37.8 Å². The summed E-state index contributed by atoms with van der Waals surface area (Å²) < 4.78 is 0. The molecule has 0 aliphatic rings. The molecule has 21 heavy (non-hydrogen) atoms. The molecule has 1 atom stereocenters. The quantitative estimate of drug-likeness (QED) is 0.543. The van der Waals surface area contributed by atoms with Gasteiger partial charge in [0.25, 0.3) is 0 Å². The zero-order valence-electron chi connectivity index (χ0n) is 12.9. The molecule has 0 fully saturated rings. The maximum atomic E-state index is 11.1. The van der Waals surface area contributed by atoms with E-state index in [1.165, 1.54) is 0 Å². The highest BCUT2D eigenvalue weighted by atomic mass is 16.4. The number of aromatic nitrogens is 2. The van der Waals surface area contributed by atoms with E-state index in [-0.39, 0.29) is 0 Å². The smallest absolute Gasteiger partial charge is 0.320 e. The Bertz CT molecular complexity index is 409. The number of carboxylic acid groups (broad SMARTS) is 1. The summed E-state index contributed by atoms with van der Waals surface area (Å²) in [5, 5.41) is 15.3. The molecular formula is C15H26N4O2. The Morgan fingerprint density at radius 1 is 1.24 bits per heavy atom. The lowest BCUT2D eigenvalue weighted by Gasteiger charge is -2.13. The predicted molar refractivity (Wildman–Crippen MR) is 83.2 cm³/mol. The van der Waals surface area contributed by atoms with Gasteiger partial charge in [-0.15, -0.1) is 0 Å². The first-order valence-corrected chi connectivity index (χ1v) is 7.68. The van der Waals surface area contributed by atoms with Crippen molar-refractivity contribution in [2.45, 2.75) is 58.5 Å². The molecule has 0 aliphatic carbocycles. The van der Waals surface area contributed by atoms with Crippen LogP contribution in [0.15, 0.2) is 12.4 Å². The zero-order valence-corrected chi connectivity index (χ0v) is 12.9. The molecule has 0 aromatic carbocycles. The third-order valence-electron chi connectivity index (χ3n) is 3.22. The van der Waals surface area contributed by atoms with Crippen molar-refractivity contribution >= 4 is 11.9 Å². The topological polar surface area (TPSA) is 87.1 Å². The second-order valence-corrected chi connectivity index (χ2v) is 5.11. The van der Waals surface area contributed by atoms with Crippen LogP contribution in [-0.4, -0.2) is 33.6 Å². The van der Waals surface area contributed by atoms with Crippen LogP contribution in [0.3, 0.4) is 0 Å². The van der Waals surface area contributed by atoms with Gasteiger partial charge in [-0.2, -0.15) is 0 Å². The summed E-state index contributed by atoms with van der Waals surface area (Å²) in [5.41, 5.74) is 0.888. The summed E-state index contributed by atoms with van der Waals surface area (Å²) >= 11 is 0. The van der Waals surface area contributed by atoms with Gasteiger partial charge in [0.15, 0.2) is 0 Å². The molecule has 0 amide bonds. The molecule has 0 aliphatic heterocycles. The monoisotopic (exact) mass is 294 g/mol. The van der Waals surface area contributed by atoms with Gasteiger partial charge in [-0.25, -0.2) is 9.97 Å². The molecule has 6 nitrogen and oxygen atoms in total. The van der Waals surface area contributed by atoms with E-state index >= 15 is 0 Å². The Balaban J connectivity index is 2.41. The van der Waals surface area contributed by atoms with Crippen molar-refractivity contribution in [3.05, 3.63) is 18.0 Å². The number of hydrogen-bond donors (Lipinski definition) is 3. The van der Waals surface area contributed by atoms with Gasteiger partial charge in [0, 0.05) is 31.0 Å². The van der Waals surface area contributed by atoms with Gasteiger partial charge in [-0.05, 0) is 12.8 Å². The van der Waals surface area contributed by atoms with E-state index in [1.54, 1.807) is 12.4 Å². The Morgan fingerprint density at radius 3 is 2.48 bits per heavy atom. The third kappa shape index (κ3) is 7.04. The molecule has 1 heterocycles. The van der Waals surface area contributed by atoms with Crippen LogP contribution in [0.1, 0.15) is 51.5 Å². The Hall–Kier alpha value is -1.69. The Morgan fingerprint density at radius 2 is 1.90 bits per heavy atom. The molecule has 118 valence electrons. The lowest BCUT2D eigenvalue weighted by atomic mass is 10.1. The zero-order chi connectivity index (χ0) is 15.5. The van der Waals surface area contributed by atoms with E-state index in [9.17, 15) is 4.79 Å². The first-order chi connectivity index (χ1) is 10.2. The molecule has 1 unspecified atom stereocenters. The molecule has 1 aromatic heterocycles. The molecular weight excluding hydrogens is 268 g/mol. The Labute approximate surface area is 126 Å². The van der Waals surface area contributed by atoms with Crippen LogP contribution in [0.2, 0.25) is 0 Å². The van der Waals surface area contributed by atoms with E-state index < -0.39 is 12.0 Å². The maximum absolute atomic E-state index is 11.1. The van der Waals surface area contributed by atoms with Gasteiger partial charge < -0.3 is 15.7 Å². The van der Waals surface area contributed by atoms with Crippen molar-refractivity contribution in [1.82, 2.24) is 15.3 Å². The normalized spacial score (nSPS) is 12.1. The van der Waals surface area contributed by atoms with Gasteiger partial charge in [-0.1, -0.05) is 33.1 Å². The van der Waals surface area contributed by atoms with Crippen molar-refractivity contribution in [3.8, 4) is 0 Å². The lowest BCUT2D eigenvalue weighted by molar-refractivity contribution is -0.139. The summed E-state index contributed by atoms with van der Waals surface area (Å²) in [6.45, 7) is 5.52. The highest BCUT2D eigenvalue weighted by Crippen LogP contribution is 2.04. The van der Waals surface area contributed by atoms with Crippen molar-refractivity contribution < 1.29 is 9.90 Å². The molecule has 3 N–H and O–H groups in total. The molecule has 0 bridgehead atoms. The van der Waals surface area contributed by atoms with Crippen LogP contribution in [0, 0.1) is 0 Å². The second-order valence-electron chi connectivity index (χ2n) is 5.11. The van der Waals surface area contributed by atoms with Crippen LogP contribution in [0.4, 0.5) is 5.95 Å². The van der Waals surface area contributed by atoms with Crippen LogP contribution in [0.25, 0.3) is 0 Å². The standard InChI is InChI=1S/C15H26N4O2/c1-3-5-7-13(14(20)21)17-9-12-10-18-15(19-11-12)16-8-6-4-2/h10-11,13,17H,3-9H2,1-2H3,(H,20,21)(H,16,18,19). The summed E-state index contributed by atoms with van der Waals surface area (Å²) in [6.07, 6.45) is 8.21. The molecule has 1 aromatic rings. The molecule has 0 spiro atoms. The minimum Gasteiger partial charge on any atom is -0.480 e. The second kappa shape index (κ2) is 10.1. The van der Waals surface area contributed by atoms with Gasteiger partial charge in [0.05, 0.1) is 0 Å². The van der Waals surface area contributed by atoms with Crippen molar-refractivity contribution in [3.63, 3.8) is 0 Å². The van der Waals surface area contributed by atoms with Crippen molar-refractivity contribution in [1.29, 1.82) is 0 Å². The largest absolute Gasteiger partial charge is 0.480 e. The van der Waals surface area contributed by atoms with Gasteiger partial charge in [0.1, 0.15) is 6.04 Å². The van der Waals surface area contributed by atoms with Crippen molar-refractivity contribution in [2.24, 2.45) is 0 Å². The van der Waals surface area contributed by atoms with E-state index in [2.05, 4.69) is 34.4 Å². The van der Waals surface area contributed by atoms with E-state index in [4.69, 9.17) is 5.11 Å². The highest BCUT2D eigenvalue weighted by Gasteiger charge is 2.15. The maximum Gasteiger partial charge on any atom is 0.320 e. The molecule has 1 rings (SSSR count). The van der Waals surface area contributed by atoms with Gasteiger partial charge in [-0.3, -0.25) is 4.79 Å². The van der Waals surface area contributed by atoms with Crippen LogP contribution >= 0.6 is 0 Å². The SMILES string of the molecule is CCCCNc1ncc(CNC(CCCC)C(=O)O)cn1. The van der Waals surface area contributed by atoms with Crippen LogP contribution in [0.5, 0.6) is 0 Å². The number of carbonyl (C=O) groups is 1. The summed E-state index contributed by atoms with van der Waals surface area (Å²) in [7, 11) is 0. The number of nitrogens with one attached hydrogen (secondary N) is 2. The molecule has 0 saturated carbocycles. The molecule has 6 heteroatoms. The van der Waals surface area contributed by atoms with E-state index in [0.29, 0.717) is 18.9 Å². The van der Waals surface area contributed by atoms with Crippen molar-refractivity contribution in [2.75, 3.05) is 11.9 Å². The Kier molecular flexibility index (Phi) is 8.35. The summed E-state index contributed by atoms with van der Waals surface area (Å²) in [6, 6.07) is -0.507. The average molecular weight is 294 g/mol. The average Bonchev–Trinajstić information content (AvgIpc) is 2.48. The number of anilines is 1. The summed E-state index contributed by atoms with van der Waals surface area (Å²) in [4.78, 5) is 19.6.